The number of aromatic nitrogens is 4. The second kappa shape index (κ2) is 19.2. The lowest BCUT2D eigenvalue weighted by Crippen LogP contribution is -2.72. The van der Waals surface area contributed by atoms with Crippen molar-refractivity contribution in [3.05, 3.63) is 23.5 Å². The van der Waals surface area contributed by atoms with Crippen LogP contribution in [0.15, 0.2) is 12.4 Å². The molecule has 6 fully saturated rings. The van der Waals surface area contributed by atoms with Crippen molar-refractivity contribution in [2.75, 3.05) is 50.0 Å². The lowest BCUT2D eigenvalue weighted by atomic mass is 9.75. The summed E-state index contributed by atoms with van der Waals surface area (Å²) in [4.78, 5) is 51.9. The van der Waals surface area contributed by atoms with E-state index in [-0.39, 0.29) is 111 Å². The van der Waals surface area contributed by atoms with Crippen LogP contribution >= 0.6 is 0 Å². The van der Waals surface area contributed by atoms with Crippen molar-refractivity contribution in [3.8, 4) is 12.1 Å². The molecule has 18 nitrogen and oxygen atoms in total. The zero-order chi connectivity index (χ0) is 49.5. The van der Waals surface area contributed by atoms with E-state index < -0.39 is 46.4 Å². The zero-order valence-corrected chi connectivity index (χ0v) is 38.1. The van der Waals surface area contributed by atoms with Gasteiger partial charge in [-0.1, -0.05) is 0 Å². The van der Waals surface area contributed by atoms with Gasteiger partial charge in [-0.3, -0.25) is 38.3 Å². The van der Waals surface area contributed by atoms with E-state index in [1.54, 1.807) is 33.0 Å². The lowest BCUT2D eigenvalue weighted by molar-refractivity contribution is -0.322. The smallest absolute Gasteiger partial charge is 0.365 e. The molecule has 68 heavy (non-hydrogen) atoms. The summed E-state index contributed by atoms with van der Waals surface area (Å²) >= 11 is 0. The lowest BCUT2D eigenvalue weighted by Gasteiger charge is -2.54. The van der Waals surface area contributed by atoms with Crippen molar-refractivity contribution in [2.45, 2.75) is 150 Å². The second-order valence-corrected chi connectivity index (χ2v) is 19.2. The normalized spacial score (nSPS) is 27.0. The number of hydrogen-bond donors (Lipinski definition) is 4. The molecule has 0 aromatic carbocycles. The molecule has 24 heteroatoms. The number of rotatable bonds is 16. The fourth-order valence-electron chi connectivity index (χ4n) is 10.2. The minimum atomic E-state index is -4.43. The molecule has 4 aliphatic carbocycles. The van der Waals surface area contributed by atoms with Crippen LogP contribution in [0, 0.1) is 34.5 Å². The van der Waals surface area contributed by atoms with Crippen LogP contribution in [0.25, 0.3) is 0 Å². The van der Waals surface area contributed by atoms with Gasteiger partial charge in [0.05, 0.1) is 36.1 Å². The largest absolute Gasteiger partial charge is 0.419 e. The molecule has 4 saturated carbocycles. The summed E-state index contributed by atoms with van der Waals surface area (Å²) in [5.41, 5.74) is 5.44. The Bertz CT molecular complexity index is 2120. The number of ether oxygens (including phenoxy) is 2. The predicted molar refractivity (Wildman–Crippen MR) is 229 cm³/mol. The van der Waals surface area contributed by atoms with Crippen molar-refractivity contribution < 1.29 is 55.0 Å². The zero-order valence-electron chi connectivity index (χ0n) is 38.1. The Morgan fingerprint density at radius 1 is 0.647 bits per heavy atom. The summed E-state index contributed by atoms with van der Waals surface area (Å²) < 4.78 is 94.3. The van der Waals surface area contributed by atoms with Gasteiger partial charge in [-0.05, 0) is 90.9 Å². The molecule has 2 aliphatic heterocycles. The number of hydrogen-bond acceptors (Lipinski definition) is 12. The maximum Gasteiger partial charge on any atom is 0.419 e. The van der Waals surface area contributed by atoms with Crippen LogP contribution in [-0.4, -0.2) is 128 Å². The van der Waals surface area contributed by atoms with E-state index in [4.69, 9.17) is 20.9 Å². The number of nitrogens with two attached hydrogens (primary N) is 2. The van der Waals surface area contributed by atoms with Crippen molar-refractivity contribution in [2.24, 2.45) is 23.3 Å². The van der Waals surface area contributed by atoms with Crippen LogP contribution in [0.1, 0.15) is 124 Å². The van der Waals surface area contributed by atoms with Gasteiger partial charge in [-0.15, -0.1) is 0 Å². The second-order valence-electron chi connectivity index (χ2n) is 19.2. The monoisotopic (exact) mass is 964 g/mol. The molecule has 0 atom stereocenters. The van der Waals surface area contributed by atoms with Gasteiger partial charge < -0.3 is 31.6 Å². The first kappa shape index (κ1) is 50.6. The van der Waals surface area contributed by atoms with Crippen molar-refractivity contribution in [1.82, 2.24) is 29.4 Å². The molecule has 2 aromatic heterocycles. The third-order valence-electron chi connectivity index (χ3n) is 14.6. The highest BCUT2D eigenvalue weighted by molar-refractivity contribution is 6.03. The van der Waals surface area contributed by atoms with Crippen LogP contribution in [0.4, 0.5) is 38.0 Å². The van der Waals surface area contributed by atoms with Gasteiger partial charge in [0, 0.05) is 75.7 Å². The molecular weight excluding hydrogens is 907 g/mol. The summed E-state index contributed by atoms with van der Waals surface area (Å²) in [7, 11) is 0. The number of nitriles is 2. The van der Waals surface area contributed by atoms with Gasteiger partial charge in [-0.25, -0.2) is 0 Å². The van der Waals surface area contributed by atoms with E-state index in [1.165, 1.54) is 12.4 Å². The molecule has 4 amide bonds. The van der Waals surface area contributed by atoms with Crippen LogP contribution < -0.4 is 22.1 Å². The highest BCUT2D eigenvalue weighted by atomic mass is 19.4. The van der Waals surface area contributed by atoms with E-state index in [1.807, 2.05) is 0 Å². The number of primary amides is 2. The minimum absolute atomic E-state index is 0.00951. The number of nitrogens with zero attached hydrogens (tertiary/aromatic N) is 8. The summed E-state index contributed by atoms with van der Waals surface area (Å²) in [6, 6.07) is 4.22. The Morgan fingerprint density at radius 2 is 0.971 bits per heavy atom. The van der Waals surface area contributed by atoms with Crippen LogP contribution in [-0.2, 0) is 30.1 Å². The molecule has 6 aliphatic rings. The number of likely N-dealkylation sites (tertiary alicyclic amines) is 2. The average molecular weight is 965 g/mol. The van der Waals surface area contributed by atoms with E-state index in [2.05, 4.69) is 33.0 Å². The summed E-state index contributed by atoms with van der Waals surface area (Å²) in [5, 5.41) is 33.2. The van der Waals surface area contributed by atoms with Gasteiger partial charge in [0.15, 0.2) is 22.8 Å². The van der Waals surface area contributed by atoms with Gasteiger partial charge >= 0.3 is 12.4 Å². The first-order valence-electron chi connectivity index (χ1n) is 23.1. The molecule has 372 valence electrons. The van der Waals surface area contributed by atoms with Gasteiger partial charge in [-0.2, -0.15) is 47.1 Å². The topological polar surface area (TPSA) is 253 Å². The number of alkyl halides is 6. The van der Waals surface area contributed by atoms with Gasteiger partial charge in [0.1, 0.15) is 11.1 Å². The molecule has 0 unspecified atom stereocenters. The number of anilines is 2. The number of amides is 4. The van der Waals surface area contributed by atoms with Crippen molar-refractivity contribution in [1.29, 1.82) is 10.5 Å². The van der Waals surface area contributed by atoms with Crippen molar-refractivity contribution >= 4 is 35.3 Å². The Hall–Kier alpha value is -5.30. The molecule has 0 radical (unpaired) electrons. The Balaban J connectivity index is 0.000000201. The molecule has 0 spiro atoms. The number of nitrogens with one attached hydrogen (secondary N) is 2. The standard InChI is InChI=1S/2C22H29F3N6O3/c2*1-2-34-21(22(23,24)25)12-30(13-21)15-5-7-20(8-6-15,9-10-26)31-11-16(17(27)32)18(29-31)28-19(33)14-3-4-14/h2*11,14-15H,2-9,12-13H2,1H3,(H2,27,32)(H,28,29,33). The van der Waals surface area contributed by atoms with E-state index >= 15 is 0 Å². The number of carbonyl (C=O) groups is 4. The van der Waals surface area contributed by atoms with Crippen molar-refractivity contribution in [3.63, 3.8) is 0 Å². The first-order valence-corrected chi connectivity index (χ1v) is 23.1. The summed E-state index contributed by atoms with van der Waals surface area (Å²) in [5.74, 6) is -1.93. The third-order valence-corrected chi connectivity index (χ3v) is 14.6. The maximum atomic E-state index is 13.5. The molecule has 6 N–H and O–H groups in total. The molecule has 2 aromatic rings. The Kier molecular flexibility index (Phi) is 14.3. The van der Waals surface area contributed by atoms with E-state index in [9.17, 15) is 56.0 Å². The molecule has 4 heterocycles. The fraction of sp³-hybridized carbons (Fsp3) is 0.727. The Labute approximate surface area is 388 Å². The van der Waals surface area contributed by atoms with Crippen LogP contribution in [0.5, 0.6) is 0 Å². The predicted octanol–water partition coefficient (Wildman–Crippen LogP) is 5.07. The SMILES string of the molecule is CCOC1(C(F)(F)F)CN(C2CCC(CC#N)(n3cc(C(N)=O)c(NC(=O)C4CC4)n3)CC2)C1.CCOC1(C(F)(F)F)CN(C2CCC(CC#N)(n3cc(C(N)=O)c(NC(=O)C4CC4)n3)CC2)C1. The average Bonchev–Trinajstić information content (AvgIpc) is 4.19. The van der Waals surface area contributed by atoms with E-state index in [0.29, 0.717) is 51.4 Å². The Morgan fingerprint density at radius 3 is 1.22 bits per heavy atom. The fourth-order valence-corrected chi connectivity index (χ4v) is 10.2. The molecule has 8 rings (SSSR count). The van der Waals surface area contributed by atoms with Gasteiger partial charge in [0.2, 0.25) is 11.8 Å². The molecule has 2 saturated heterocycles. The van der Waals surface area contributed by atoms with Crippen LogP contribution in [0.2, 0.25) is 0 Å². The molecular formula is C44H58F6N12O6. The minimum Gasteiger partial charge on any atom is -0.365 e. The molecule has 0 bridgehead atoms. The van der Waals surface area contributed by atoms with Gasteiger partial charge in [0.25, 0.3) is 11.8 Å². The first-order chi connectivity index (χ1) is 32.1. The van der Waals surface area contributed by atoms with Crippen LogP contribution in [0.3, 0.4) is 0 Å². The quantitative estimate of drug-likeness (QED) is 0.161. The third kappa shape index (κ3) is 10.1. The summed E-state index contributed by atoms with van der Waals surface area (Å²) in [6.45, 7) is 2.28. The number of carbonyl (C=O) groups excluding carboxylic acids is 4. The highest BCUT2D eigenvalue weighted by Crippen LogP contribution is 2.48. The summed E-state index contributed by atoms with van der Waals surface area (Å²) in [6.07, 6.45) is 1.67. The maximum absolute atomic E-state index is 13.5. The van der Waals surface area contributed by atoms with E-state index in [0.717, 1.165) is 25.7 Å². The number of halogens is 6. The highest BCUT2D eigenvalue weighted by Gasteiger charge is 2.65.